The van der Waals surface area contributed by atoms with E-state index in [2.05, 4.69) is 46.7 Å². The van der Waals surface area contributed by atoms with Crippen LogP contribution in [0.2, 0.25) is 5.02 Å². The molecule has 0 aromatic carbocycles. The lowest BCUT2D eigenvalue weighted by Gasteiger charge is -2.62. The summed E-state index contributed by atoms with van der Waals surface area (Å²) in [5.41, 5.74) is 1.31. The van der Waals surface area contributed by atoms with Crippen LogP contribution in [0, 0.1) is 23.2 Å². The first-order valence-corrected chi connectivity index (χ1v) is 11.7. The summed E-state index contributed by atoms with van der Waals surface area (Å²) in [6.45, 7) is 8.74. The number of carbonyl (C=O) groups is 1. The van der Waals surface area contributed by atoms with Gasteiger partial charge in [0.25, 0.3) is 5.56 Å². The van der Waals surface area contributed by atoms with E-state index in [1.807, 2.05) is 6.92 Å². The highest BCUT2D eigenvalue weighted by atomic mass is 35.5. The van der Waals surface area contributed by atoms with Gasteiger partial charge < -0.3 is 10.6 Å². The molecule has 0 spiro atoms. The minimum atomic E-state index is -0.473. The third kappa shape index (κ3) is 4.12. The predicted octanol–water partition coefficient (Wildman–Crippen LogP) is 3.44. The lowest BCUT2D eigenvalue weighted by atomic mass is 9.45. The van der Waals surface area contributed by atoms with Crippen LogP contribution in [0.4, 0.5) is 5.69 Å². The number of amides is 1. The average molecular weight is 459 g/mol. The lowest BCUT2D eigenvalue weighted by molar-refractivity contribution is -0.122. The Labute approximate surface area is 193 Å². The van der Waals surface area contributed by atoms with Gasteiger partial charge in [-0.3, -0.25) is 9.59 Å². The molecule has 2 aromatic rings. The molecular formula is C23H31ClN6O2. The molecule has 3 saturated carbocycles. The average Bonchev–Trinajstić information content (AvgIpc) is 2.78. The molecule has 2 heterocycles. The second-order valence-corrected chi connectivity index (χ2v) is 10.1. The maximum atomic E-state index is 12.8. The van der Waals surface area contributed by atoms with E-state index in [4.69, 9.17) is 11.6 Å². The van der Waals surface area contributed by atoms with Gasteiger partial charge in [0, 0.05) is 12.2 Å². The zero-order valence-electron chi connectivity index (χ0n) is 19.0. The Morgan fingerprint density at radius 1 is 1.31 bits per heavy atom. The van der Waals surface area contributed by atoms with Gasteiger partial charge >= 0.3 is 0 Å². The molecule has 5 rings (SSSR count). The van der Waals surface area contributed by atoms with Crippen molar-refractivity contribution in [2.75, 3.05) is 5.32 Å². The van der Waals surface area contributed by atoms with Gasteiger partial charge in [-0.25, -0.2) is 4.68 Å². The highest BCUT2D eigenvalue weighted by Gasteiger charge is 2.56. The van der Waals surface area contributed by atoms with Gasteiger partial charge in [-0.05, 0) is 54.1 Å². The topological polar surface area (TPSA) is 102 Å². The van der Waals surface area contributed by atoms with Crippen molar-refractivity contribution < 1.29 is 4.79 Å². The Morgan fingerprint density at radius 2 is 2.09 bits per heavy atom. The SMILES string of the molecule is CCC(NC(=O)Cn1ncc(N[C@@H]2C[C@H]3C[C@@H]([C@H]2C)C3(C)C)c(Cl)c1=O)c1ccnnc1. The Bertz CT molecular complexity index is 1040. The number of rotatable bonds is 7. The molecule has 1 unspecified atom stereocenters. The second kappa shape index (κ2) is 8.81. The quantitative estimate of drug-likeness (QED) is 0.659. The van der Waals surface area contributed by atoms with Crippen LogP contribution < -0.4 is 16.2 Å². The number of anilines is 1. The first kappa shape index (κ1) is 22.7. The van der Waals surface area contributed by atoms with E-state index in [9.17, 15) is 9.59 Å². The van der Waals surface area contributed by atoms with Crippen LogP contribution in [0.3, 0.4) is 0 Å². The van der Waals surface area contributed by atoms with Gasteiger partial charge in [0.1, 0.15) is 11.6 Å². The second-order valence-electron chi connectivity index (χ2n) is 9.75. The number of nitrogens with one attached hydrogen (secondary N) is 2. The third-order valence-corrected chi connectivity index (χ3v) is 8.09. The van der Waals surface area contributed by atoms with Gasteiger partial charge in [-0.2, -0.15) is 15.3 Å². The summed E-state index contributed by atoms with van der Waals surface area (Å²) >= 11 is 6.40. The number of hydrogen-bond acceptors (Lipinski definition) is 6. The molecule has 2 aromatic heterocycles. The minimum Gasteiger partial charge on any atom is -0.379 e. The number of fused-ring (bicyclic) bond motifs is 2. The first-order valence-electron chi connectivity index (χ1n) is 11.3. The fourth-order valence-corrected chi connectivity index (χ4v) is 5.72. The van der Waals surface area contributed by atoms with E-state index in [0.717, 1.165) is 16.7 Å². The molecule has 3 fully saturated rings. The largest absolute Gasteiger partial charge is 0.379 e. The Hall–Kier alpha value is -2.48. The molecule has 3 aliphatic carbocycles. The molecule has 0 saturated heterocycles. The van der Waals surface area contributed by atoms with Crippen LogP contribution in [0.1, 0.15) is 58.6 Å². The summed E-state index contributed by atoms with van der Waals surface area (Å²) in [5, 5.41) is 18.3. The van der Waals surface area contributed by atoms with Crippen molar-refractivity contribution in [2.24, 2.45) is 23.2 Å². The van der Waals surface area contributed by atoms with Gasteiger partial charge in [-0.15, -0.1) is 0 Å². The lowest BCUT2D eigenvalue weighted by Crippen LogP contribution is -2.58. The van der Waals surface area contributed by atoms with E-state index in [1.165, 1.54) is 6.42 Å². The molecule has 2 bridgehead atoms. The van der Waals surface area contributed by atoms with Crippen molar-refractivity contribution in [3.63, 3.8) is 0 Å². The molecular weight excluding hydrogens is 428 g/mol. The zero-order chi connectivity index (χ0) is 23.0. The minimum absolute atomic E-state index is 0.0730. The Morgan fingerprint density at radius 3 is 2.72 bits per heavy atom. The van der Waals surface area contributed by atoms with E-state index >= 15 is 0 Å². The van der Waals surface area contributed by atoms with Crippen molar-refractivity contribution in [1.82, 2.24) is 25.3 Å². The highest BCUT2D eigenvalue weighted by Crippen LogP contribution is 2.61. The molecule has 5 atom stereocenters. The fourth-order valence-electron chi connectivity index (χ4n) is 5.52. The van der Waals surface area contributed by atoms with Crippen molar-refractivity contribution >= 4 is 23.2 Å². The van der Waals surface area contributed by atoms with Crippen LogP contribution in [0.5, 0.6) is 0 Å². The molecule has 1 amide bonds. The molecule has 8 nitrogen and oxygen atoms in total. The molecule has 3 aliphatic rings. The van der Waals surface area contributed by atoms with Crippen LogP contribution in [-0.4, -0.2) is 31.9 Å². The van der Waals surface area contributed by atoms with Crippen molar-refractivity contribution in [3.8, 4) is 0 Å². The molecule has 0 aliphatic heterocycles. The summed E-state index contributed by atoms with van der Waals surface area (Å²) in [7, 11) is 0. The van der Waals surface area contributed by atoms with Crippen LogP contribution in [-0.2, 0) is 11.3 Å². The van der Waals surface area contributed by atoms with Crippen LogP contribution in [0.15, 0.2) is 29.5 Å². The van der Waals surface area contributed by atoms with E-state index < -0.39 is 5.56 Å². The van der Waals surface area contributed by atoms with Crippen LogP contribution >= 0.6 is 11.6 Å². The predicted molar refractivity (Wildman–Crippen MR) is 123 cm³/mol. The molecule has 0 radical (unpaired) electrons. The van der Waals surface area contributed by atoms with E-state index in [-0.39, 0.29) is 29.6 Å². The number of carbonyl (C=O) groups excluding carboxylic acids is 1. The summed E-state index contributed by atoms with van der Waals surface area (Å²) < 4.78 is 1.10. The zero-order valence-corrected chi connectivity index (χ0v) is 19.8. The van der Waals surface area contributed by atoms with Crippen LogP contribution in [0.25, 0.3) is 0 Å². The summed E-state index contributed by atoms with van der Waals surface area (Å²) in [6.07, 6.45) is 7.78. The van der Waals surface area contributed by atoms with Gasteiger partial charge in [0.2, 0.25) is 5.91 Å². The number of halogens is 1. The monoisotopic (exact) mass is 458 g/mol. The number of hydrogen-bond donors (Lipinski definition) is 2. The summed E-state index contributed by atoms with van der Waals surface area (Å²) in [4.78, 5) is 25.3. The summed E-state index contributed by atoms with van der Waals surface area (Å²) in [6, 6.07) is 1.86. The number of aromatic nitrogens is 4. The molecule has 32 heavy (non-hydrogen) atoms. The van der Waals surface area contributed by atoms with Gasteiger partial charge in [0.05, 0.1) is 24.1 Å². The van der Waals surface area contributed by atoms with Crippen molar-refractivity contribution in [2.45, 2.75) is 65.6 Å². The van der Waals surface area contributed by atoms with E-state index in [0.29, 0.717) is 35.3 Å². The number of nitrogens with zero attached hydrogens (tertiary/aromatic N) is 4. The highest BCUT2D eigenvalue weighted by molar-refractivity contribution is 6.32. The van der Waals surface area contributed by atoms with Gasteiger partial charge in [-0.1, -0.05) is 39.3 Å². The normalized spacial score (nSPS) is 26.7. The molecule has 9 heteroatoms. The van der Waals surface area contributed by atoms with Crippen molar-refractivity contribution in [1.29, 1.82) is 0 Å². The third-order valence-electron chi connectivity index (χ3n) is 7.73. The smallest absolute Gasteiger partial charge is 0.288 e. The Balaban J connectivity index is 1.42. The maximum absolute atomic E-state index is 12.8. The molecule has 2 N–H and O–H groups in total. The Kier molecular flexibility index (Phi) is 6.25. The van der Waals surface area contributed by atoms with E-state index in [1.54, 1.807) is 24.7 Å². The maximum Gasteiger partial charge on any atom is 0.288 e. The fraction of sp³-hybridized carbons (Fsp3) is 0.609. The summed E-state index contributed by atoms with van der Waals surface area (Å²) in [5.74, 6) is 1.55. The first-order chi connectivity index (χ1) is 15.2. The molecule has 172 valence electrons. The van der Waals surface area contributed by atoms with Crippen molar-refractivity contribution in [3.05, 3.63) is 45.6 Å². The standard InChI is InChI=1S/C23H31ClN6O2/c1-5-17(14-6-7-25-26-10-14)29-20(31)12-30-22(32)21(24)19(11-27-30)28-18-9-15-8-16(13(18)2)23(15,3)4/h6-7,10-11,13,15-18,28H,5,8-9,12H2,1-4H3,(H,29,31)/t13-,15-,16+,17?,18-/m1/s1. The van der Waals surface area contributed by atoms with Gasteiger partial charge in [0.15, 0.2) is 0 Å².